The van der Waals surface area contributed by atoms with E-state index in [0.717, 1.165) is 0 Å². The van der Waals surface area contributed by atoms with Crippen LogP contribution >= 0.6 is 0 Å². The van der Waals surface area contributed by atoms with Crippen molar-refractivity contribution < 1.29 is 5.11 Å². The molecule has 0 aliphatic carbocycles. The summed E-state index contributed by atoms with van der Waals surface area (Å²) in [5, 5.41) is 10.6. The van der Waals surface area contributed by atoms with Crippen LogP contribution < -0.4 is 5.32 Å². The third-order valence-corrected chi connectivity index (χ3v) is 0.900. The molecule has 0 saturated heterocycles. The number of hydrogen-bond donors (Lipinski definition) is 2. The minimum Gasteiger partial charge on any atom is -0.379 e. The van der Waals surface area contributed by atoms with E-state index in [9.17, 15) is 0 Å². The first-order valence-electron chi connectivity index (χ1n) is 3.30. The second-order valence-electron chi connectivity index (χ2n) is 1.83. The van der Waals surface area contributed by atoms with Crippen LogP contribution in [0.1, 0.15) is 0 Å². The Morgan fingerprint density at radius 2 is 1.82 bits per heavy atom. The summed E-state index contributed by atoms with van der Waals surface area (Å²) in [6.45, 7) is 3.20. The molecule has 3 heteroatoms. The van der Waals surface area contributed by atoms with Crippen molar-refractivity contribution in [2.24, 2.45) is 0 Å². The van der Waals surface area contributed by atoms with Crippen LogP contribution in [0.2, 0.25) is 0 Å². The van der Waals surface area contributed by atoms with Crippen LogP contribution in [0, 0.1) is 6.92 Å². The number of pyridine rings is 1. The van der Waals surface area contributed by atoms with E-state index in [1.165, 1.54) is 0 Å². The summed E-state index contributed by atoms with van der Waals surface area (Å²) < 4.78 is 0. The summed E-state index contributed by atoms with van der Waals surface area (Å²) in [4.78, 5) is 3.78. The van der Waals surface area contributed by atoms with E-state index >= 15 is 0 Å². The first-order chi connectivity index (χ1) is 5.27. The topological polar surface area (TPSA) is 45.1 Å². The highest BCUT2D eigenvalue weighted by atomic mass is 16.3. The van der Waals surface area contributed by atoms with E-state index < -0.39 is 6.23 Å². The Labute approximate surface area is 67.1 Å². The lowest BCUT2D eigenvalue weighted by Crippen LogP contribution is -2.19. The fourth-order valence-corrected chi connectivity index (χ4v) is 0.313. The molecule has 11 heavy (non-hydrogen) atoms. The molecular formula is C8H13N2O. The Kier molecular flexibility index (Phi) is 6.57. The van der Waals surface area contributed by atoms with Crippen molar-refractivity contribution in [3.05, 3.63) is 37.5 Å². The van der Waals surface area contributed by atoms with Gasteiger partial charge in [0.25, 0.3) is 0 Å². The zero-order valence-corrected chi connectivity index (χ0v) is 6.57. The van der Waals surface area contributed by atoms with Crippen LogP contribution in [-0.2, 0) is 0 Å². The quantitative estimate of drug-likeness (QED) is 0.575. The van der Waals surface area contributed by atoms with Gasteiger partial charge in [0.2, 0.25) is 0 Å². The van der Waals surface area contributed by atoms with Crippen molar-refractivity contribution >= 4 is 0 Å². The Bertz CT molecular complexity index is 127. The van der Waals surface area contributed by atoms with Gasteiger partial charge in [-0.1, -0.05) is 6.07 Å². The summed E-state index contributed by atoms with van der Waals surface area (Å²) in [6.07, 6.45) is 2.88. The summed E-state index contributed by atoms with van der Waals surface area (Å²) in [5.74, 6) is 0. The summed E-state index contributed by atoms with van der Waals surface area (Å²) in [5.41, 5.74) is 0. The van der Waals surface area contributed by atoms with Gasteiger partial charge in [-0.05, 0) is 26.1 Å². The van der Waals surface area contributed by atoms with E-state index in [1.54, 1.807) is 19.4 Å². The van der Waals surface area contributed by atoms with E-state index in [2.05, 4.69) is 17.2 Å². The number of aliphatic hydroxyl groups is 1. The lowest BCUT2D eigenvalue weighted by molar-refractivity contribution is 0.193. The zero-order chi connectivity index (χ0) is 8.53. The molecule has 1 aromatic rings. The maximum Gasteiger partial charge on any atom is 0.104 e. The second kappa shape index (κ2) is 7.18. The lowest BCUT2D eigenvalue weighted by Gasteiger charge is -1.94. The molecule has 2 N–H and O–H groups in total. The molecule has 0 aliphatic heterocycles. The second-order valence-corrected chi connectivity index (χ2v) is 1.83. The summed E-state index contributed by atoms with van der Waals surface area (Å²) in [6, 6.07) is 5.72. The molecule has 1 radical (unpaired) electrons. The summed E-state index contributed by atoms with van der Waals surface area (Å²) >= 11 is 0. The number of hydrogen-bond acceptors (Lipinski definition) is 3. The number of aliphatic hydroxyl groups excluding tert-OH is 1. The highest BCUT2D eigenvalue weighted by Crippen LogP contribution is 1.73. The molecule has 0 aliphatic rings. The van der Waals surface area contributed by atoms with Gasteiger partial charge in [-0.25, -0.2) is 0 Å². The minimum absolute atomic E-state index is 0.616. The highest BCUT2D eigenvalue weighted by Gasteiger charge is 1.78. The Hall–Kier alpha value is -0.930. The number of aromatic nitrogens is 1. The summed E-state index contributed by atoms with van der Waals surface area (Å²) in [7, 11) is 1.64. The van der Waals surface area contributed by atoms with Crippen molar-refractivity contribution in [2.75, 3.05) is 7.05 Å². The van der Waals surface area contributed by atoms with E-state index in [0.29, 0.717) is 0 Å². The molecule has 1 unspecified atom stereocenters. The molecule has 0 bridgehead atoms. The SMILES string of the molecule is [CH2]C(O)NC.c1ccncc1. The molecule has 1 aromatic heterocycles. The van der Waals surface area contributed by atoms with E-state index in [4.69, 9.17) is 5.11 Å². The van der Waals surface area contributed by atoms with Gasteiger partial charge in [0, 0.05) is 12.4 Å². The van der Waals surface area contributed by atoms with Crippen LogP contribution in [0.3, 0.4) is 0 Å². The molecule has 0 spiro atoms. The predicted molar refractivity (Wildman–Crippen MR) is 44.7 cm³/mol. The molecule has 1 rings (SSSR count). The third kappa shape index (κ3) is 9.07. The molecule has 3 nitrogen and oxygen atoms in total. The monoisotopic (exact) mass is 153 g/mol. The molecule has 1 atom stereocenters. The maximum atomic E-state index is 8.14. The molecule has 0 saturated carbocycles. The number of nitrogens with one attached hydrogen (secondary N) is 1. The van der Waals surface area contributed by atoms with Gasteiger partial charge >= 0.3 is 0 Å². The van der Waals surface area contributed by atoms with Crippen molar-refractivity contribution in [3.63, 3.8) is 0 Å². The predicted octanol–water partition coefficient (Wildman–Crippen LogP) is 0.440. The highest BCUT2D eigenvalue weighted by molar-refractivity contribution is 4.88. The van der Waals surface area contributed by atoms with Gasteiger partial charge in [0.15, 0.2) is 0 Å². The smallest absolute Gasteiger partial charge is 0.104 e. The molecule has 61 valence electrons. The minimum atomic E-state index is -0.616. The van der Waals surface area contributed by atoms with Crippen molar-refractivity contribution in [2.45, 2.75) is 6.23 Å². The molecular weight excluding hydrogens is 140 g/mol. The molecule has 0 fully saturated rings. The Balaban J connectivity index is 0.000000187. The van der Waals surface area contributed by atoms with Gasteiger partial charge in [0.1, 0.15) is 6.23 Å². The van der Waals surface area contributed by atoms with Gasteiger partial charge < -0.3 is 5.11 Å². The zero-order valence-electron chi connectivity index (χ0n) is 6.57. The van der Waals surface area contributed by atoms with Crippen LogP contribution in [0.5, 0.6) is 0 Å². The first-order valence-corrected chi connectivity index (χ1v) is 3.30. The maximum absolute atomic E-state index is 8.14. The lowest BCUT2D eigenvalue weighted by atomic mass is 10.5. The van der Waals surface area contributed by atoms with Gasteiger partial charge in [-0.2, -0.15) is 0 Å². The fraction of sp³-hybridized carbons (Fsp3) is 0.250. The van der Waals surface area contributed by atoms with Gasteiger partial charge in [-0.15, -0.1) is 0 Å². The van der Waals surface area contributed by atoms with Crippen molar-refractivity contribution in [3.8, 4) is 0 Å². The van der Waals surface area contributed by atoms with Crippen LogP contribution in [0.15, 0.2) is 30.6 Å². The van der Waals surface area contributed by atoms with E-state index in [-0.39, 0.29) is 0 Å². The molecule has 1 heterocycles. The van der Waals surface area contributed by atoms with Crippen LogP contribution in [0.4, 0.5) is 0 Å². The largest absolute Gasteiger partial charge is 0.379 e. The normalized spacial score (nSPS) is 11.2. The average Bonchev–Trinajstić information content (AvgIpc) is 2.09. The van der Waals surface area contributed by atoms with E-state index in [1.807, 2.05) is 18.2 Å². The van der Waals surface area contributed by atoms with Crippen LogP contribution in [-0.4, -0.2) is 23.4 Å². The van der Waals surface area contributed by atoms with Crippen molar-refractivity contribution in [1.29, 1.82) is 0 Å². The number of nitrogens with zero attached hydrogens (tertiary/aromatic N) is 1. The third-order valence-electron chi connectivity index (χ3n) is 0.900. The van der Waals surface area contributed by atoms with Crippen molar-refractivity contribution in [1.82, 2.24) is 10.3 Å². The molecule has 0 amide bonds. The van der Waals surface area contributed by atoms with Crippen LogP contribution in [0.25, 0.3) is 0 Å². The fourth-order valence-electron chi connectivity index (χ4n) is 0.313. The Morgan fingerprint density at radius 1 is 1.36 bits per heavy atom. The van der Waals surface area contributed by atoms with Gasteiger partial charge in [-0.3, -0.25) is 10.3 Å². The number of rotatable bonds is 1. The first kappa shape index (κ1) is 10.1. The van der Waals surface area contributed by atoms with Gasteiger partial charge in [0.05, 0.1) is 0 Å². The average molecular weight is 153 g/mol. The Morgan fingerprint density at radius 3 is 1.91 bits per heavy atom. The standard InChI is InChI=1S/C5H5N.C3H8NO/c1-2-4-6-5-3-1;1-3(5)4-2/h1-5H;3-5H,1H2,2H3. The molecule has 0 aromatic carbocycles.